The molecule has 0 aromatic heterocycles. The zero-order chi connectivity index (χ0) is 27.0. The minimum Gasteiger partial charge on any atom is -0.497 e. The summed E-state index contributed by atoms with van der Waals surface area (Å²) >= 11 is 0. The number of carbonyl (C=O) groups is 1. The van der Waals surface area contributed by atoms with Gasteiger partial charge in [0, 0.05) is 32.2 Å². The van der Waals surface area contributed by atoms with Crippen LogP contribution < -0.4 is 19.1 Å². The van der Waals surface area contributed by atoms with Crippen LogP contribution in [0.15, 0.2) is 77.7 Å². The number of sulfonamides is 1. The van der Waals surface area contributed by atoms with Crippen molar-refractivity contribution in [2.45, 2.75) is 18.0 Å². The number of rotatable bonds is 11. The molecule has 0 spiro atoms. The minimum absolute atomic E-state index is 0.0635. The number of ether oxygens (including phenoxy) is 3. The molecule has 0 atom stereocenters. The highest BCUT2D eigenvalue weighted by Gasteiger charge is 2.29. The molecule has 1 aliphatic rings. The number of nitrogens with zero attached hydrogens (tertiary/aromatic N) is 2. The lowest BCUT2D eigenvalue weighted by atomic mass is 10.1. The largest absolute Gasteiger partial charge is 0.497 e. The first-order chi connectivity index (χ1) is 18.4. The summed E-state index contributed by atoms with van der Waals surface area (Å²) < 4.78 is 44.5. The van der Waals surface area contributed by atoms with Crippen LogP contribution in [0.1, 0.15) is 11.1 Å². The third kappa shape index (κ3) is 6.83. The predicted octanol–water partition coefficient (Wildman–Crippen LogP) is 3.05. The normalized spacial score (nSPS) is 14.1. The van der Waals surface area contributed by atoms with Crippen molar-refractivity contribution < 1.29 is 27.4 Å². The predicted molar refractivity (Wildman–Crippen MR) is 145 cm³/mol. The van der Waals surface area contributed by atoms with Crippen LogP contribution in [-0.2, 0) is 32.6 Å². The summed E-state index contributed by atoms with van der Waals surface area (Å²) in [7, 11) is -1.15. The number of hydrogen-bond donors (Lipinski definition) is 1. The monoisotopic (exact) mass is 539 g/mol. The minimum atomic E-state index is -4.09. The summed E-state index contributed by atoms with van der Waals surface area (Å²) in [4.78, 5) is 15.5. The second-order valence-corrected chi connectivity index (χ2v) is 10.7. The van der Waals surface area contributed by atoms with E-state index in [1.807, 2.05) is 24.3 Å². The Balaban J connectivity index is 1.49. The van der Waals surface area contributed by atoms with E-state index in [0.29, 0.717) is 11.5 Å². The molecule has 3 aromatic carbocycles. The molecular weight excluding hydrogens is 506 g/mol. The molecule has 0 aliphatic carbocycles. The van der Waals surface area contributed by atoms with Gasteiger partial charge < -0.3 is 19.5 Å². The van der Waals surface area contributed by atoms with Gasteiger partial charge in [0.1, 0.15) is 18.0 Å². The summed E-state index contributed by atoms with van der Waals surface area (Å²) in [5, 5.41) is 2.85. The Bertz CT molecular complexity index is 1310. The molecule has 3 aromatic rings. The van der Waals surface area contributed by atoms with Crippen molar-refractivity contribution >= 4 is 21.6 Å². The molecule has 10 heteroatoms. The lowest BCUT2D eigenvalue weighted by molar-refractivity contribution is -0.119. The fourth-order valence-corrected chi connectivity index (χ4v) is 5.62. The van der Waals surface area contributed by atoms with Crippen LogP contribution in [0.2, 0.25) is 0 Å². The van der Waals surface area contributed by atoms with Crippen molar-refractivity contribution in [2.24, 2.45) is 0 Å². The molecule has 1 fully saturated rings. The highest BCUT2D eigenvalue weighted by Crippen LogP contribution is 2.35. The number of hydrogen-bond acceptors (Lipinski definition) is 7. The highest BCUT2D eigenvalue weighted by molar-refractivity contribution is 7.92. The standard InChI is InChI=1S/C28H33N3O6S/c1-35-24-12-13-27(36-2)26(18-24)31(38(33,34)25-6-4-3-5-7-25)21-28(32)29-19-22-8-10-23(11-9-22)20-30-14-16-37-17-15-30/h3-13,18H,14-17,19-21H2,1-2H3,(H,29,32). The zero-order valence-electron chi connectivity index (χ0n) is 21.6. The van der Waals surface area contributed by atoms with Gasteiger partial charge >= 0.3 is 0 Å². The van der Waals surface area contributed by atoms with E-state index < -0.39 is 22.5 Å². The molecule has 0 radical (unpaired) electrons. The van der Waals surface area contributed by atoms with Crippen LogP contribution in [0.5, 0.6) is 11.5 Å². The number of morpholine rings is 1. The van der Waals surface area contributed by atoms with Crippen LogP contribution in [0.4, 0.5) is 5.69 Å². The molecule has 1 aliphatic heterocycles. The lowest BCUT2D eigenvalue weighted by Gasteiger charge is -2.26. The van der Waals surface area contributed by atoms with E-state index in [4.69, 9.17) is 14.2 Å². The second-order valence-electron chi connectivity index (χ2n) is 8.84. The average Bonchev–Trinajstić information content (AvgIpc) is 2.96. The molecule has 1 heterocycles. The number of nitrogens with one attached hydrogen (secondary N) is 1. The van der Waals surface area contributed by atoms with Crippen LogP contribution in [0.3, 0.4) is 0 Å². The Labute approximate surface area is 224 Å². The smallest absolute Gasteiger partial charge is 0.264 e. The van der Waals surface area contributed by atoms with Crippen LogP contribution in [0, 0.1) is 0 Å². The maximum absolute atomic E-state index is 13.6. The quantitative estimate of drug-likeness (QED) is 0.400. The summed E-state index contributed by atoms with van der Waals surface area (Å²) in [6.45, 7) is 4.02. The second kappa shape index (κ2) is 12.8. The third-order valence-electron chi connectivity index (χ3n) is 6.30. The topological polar surface area (TPSA) is 97.4 Å². The molecule has 1 N–H and O–H groups in total. The van der Waals surface area contributed by atoms with E-state index in [-0.39, 0.29) is 17.1 Å². The first kappa shape index (κ1) is 27.4. The van der Waals surface area contributed by atoms with Gasteiger partial charge in [-0.25, -0.2) is 8.42 Å². The Morgan fingerprint density at radius 2 is 1.63 bits per heavy atom. The highest BCUT2D eigenvalue weighted by atomic mass is 32.2. The molecule has 1 saturated heterocycles. The first-order valence-corrected chi connectivity index (χ1v) is 13.8. The van der Waals surface area contributed by atoms with Crippen molar-refractivity contribution in [1.82, 2.24) is 10.2 Å². The van der Waals surface area contributed by atoms with Crippen molar-refractivity contribution in [3.63, 3.8) is 0 Å². The first-order valence-electron chi connectivity index (χ1n) is 12.3. The molecule has 0 bridgehead atoms. The summed E-state index contributed by atoms with van der Waals surface area (Å²) in [6.07, 6.45) is 0. The van der Waals surface area contributed by atoms with E-state index in [2.05, 4.69) is 10.2 Å². The van der Waals surface area contributed by atoms with Crippen molar-refractivity contribution in [3.05, 3.63) is 83.9 Å². The van der Waals surface area contributed by atoms with Gasteiger partial charge in [-0.1, -0.05) is 42.5 Å². The summed E-state index contributed by atoms with van der Waals surface area (Å²) in [5.74, 6) is 0.285. The van der Waals surface area contributed by atoms with Crippen LogP contribution in [-0.4, -0.2) is 66.3 Å². The molecule has 38 heavy (non-hydrogen) atoms. The van der Waals surface area contributed by atoms with Gasteiger partial charge in [0.15, 0.2) is 0 Å². The van der Waals surface area contributed by atoms with E-state index in [1.165, 1.54) is 31.9 Å². The zero-order valence-corrected chi connectivity index (χ0v) is 22.4. The Morgan fingerprint density at radius 3 is 2.29 bits per heavy atom. The summed E-state index contributed by atoms with van der Waals surface area (Å²) in [6, 6.07) is 20.8. The Hall–Kier alpha value is -3.60. The van der Waals surface area contributed by atoms with Gasteiger partial charge in [0.05, 0.1) is 38.0 Å². The van der Waals surface area contributed by atoms with Crippen LogP contribution >= 0.6 is 0 Å². The number of methoxy groups -OCH3 is 2. The molecular formula is C28H33N3O6S. The fraction of sp³-hybridized carbons (Fsp3) is 0.321. The number of amides is 1. The van der Waals surface area contributed by atoms with E-state index >= 15 is 0 Å². The molecule has 1 amide bonds. The molecule has 4 rings (SSSR count). The van der Waals surface area contributed by atoms with Crippen molar-refractivity contribution in [1.29, 1.82) is 0 Å². The van der Waals surface area contributed by atoms with Gasteiger partial charge in [-0.2, -0.15) is 0 Å². The van der Waals surface area contributed by atoms with E-state index in [0.717, 1.165) is 42.7 Å². The van der Waals surface area contributed by atoms with Crippen LogP contribution in [0.25, 0.3) is 0 Å². The number of anilines is 1. The SMILES string of the molecule is COc1ccc(OC)c(N(CC(=O)NCc2ccc(CN3CCOCC3)cc2)S(=O)(=O)c2ccccc2)c1. The van der Waals surface area contributed by atoms with Gasteiger partial charge in [-0.3, -0.25) is 14.0 Å². The fourth-order valence-electron chi connectivity index (χ4n) is 4.18. The van der Waals surface area contributed by atoms with Crippen molar-refractivity contribution in [3.8, 4) is 11.5 Å². The number of benzene rings is 3. The molecule has 0 saturated carbocycles. The Morgan fingerprint density at radius 1 is 0.947 bits per heavy atom. The van der Waals surface area contributed by atoms with Crippen molar-refractivity contribution in [2.75, 3.05) is 51.4 Å². The molecule has 9 nitrogen and oxygen atoms in total. The Kier molecular flexibility index (Phi) is 9.22. The third-order valence-corrected chi connectivity index (χ3v) is 8.07. The van der Waals surface area contributed by atoms with Gasteiger partial charge in [0.25, 0.3) is 10.0 Å². The maximum Gasteiger partial charge on any atom is 0.264 e. The molecule has 0 unspecified atom stereocenters. The van der Waals surface area contributed by atoms with Gasteiger partial charge in [0.2, 0.25) is 5.91 Å². The van der Waals surface area contributed by atoms with Gasteiger partial charge in [-0.15, -0.1) is 0 Å². The van der Waals surface area contributed by atoms with E-state index in [9.17, 15) is 13.2 Å². The number of carbonyl (C=O) groups excluding carboxylic acids is 1. The van der Waals surface area contributed by atoms with E-state index in [1.54, 1.807) is 36.4 Å². The molecule has 202 valence electrons. The average molecular weight is 540 g/mol. The maximum atomic E-state index is 13.6. The lowest BCUT2D eigenvalue weighted by Crippen LogP contribution is -2.40. The summed E-state index contributed by atoms with van der Waals surface area (Å²) in [5.41, 5.74) is 2.31. The van der Waals surface area contributed by atoms with Gasteiger partial charge in [-0.05, 0) is 35.4 Å².